The fourth-order valence-corrected chi connectivity index (χ4v) is 3.50. The van der Waals surface area contributed by atoms with Gasteiger partial charge in [0.25, 0.3) is 10.1 Å². The summed E-state index contributed by atoms with van der Waals surface area (Å²) in [6.45, 7) is 1.27. The Kier molecular flexibility index (Phi) is 5.48. The highest BCUT2D eigenvalue weighted by Gasteiger charge is 2.20. The molecule has 0 aliphatic carbocycles. The van der Waals surface area contributed by atoms with Crippen LogP contribution in [0.2, 0.25) is 0 Å². The monoisotopic (exact) mass is 415 g/mol. The van der Waals surface area contributed by atoms with Crippen LogP contribution in [0.5, 0.6) is 11.5 Å². The van der Waals surface area contributed by atoms with Crippen LogP contribution in [0.1, 0.15) is 6.92 Å². The molecule has 3 N–H and O–H groups in total. The number of methoxy groups -OCH3 is 1. The number of aromatic hydroxyl groups is 1. The molecule has 0 aliphatic heterocycles. The van der Waals surface area contributed by atoms with E-state index in [4.69, 9.17) is 4.74 Å². The van der Waals surface area contributed by atoms with E-state index in [0.717, 1.165) is 6.07 Å². The Morgan fingerprint density at radius 2 is 1.72 bits per heavy atom. The van der Waals surface area contributed by atoms with Gasteiger partial charge >= 0.3 is 0 Å². The molecule has 1 amide bonds. The molecule has 0 atom stereocenters. The highest BCUT2D eigenvalue weighted by Crippen LogP contribution is 2.42. The molecule has 0 unspecified atom stereocenters. The Morgan fingerprint density at radius 1 is 1.03 bits per heavy atom. The molecule has 0 radical (unpaired) electrons. The number of azo groups is 1. The Morgan fingerprint density at radius 3 is 2.38 bits per heavy atom. The van der Waals surface area contributed by atoms with Gasteiger partial charge in [-0.3, -0.25) is 9.35 Å². The van der Waals surface area contributed by atoms with Gasteiger partial charge < -0.3 is 15.2 Å². The van der Waals surface area contributed by atoms with Crippen LogP contribution in [-0.4, -0.2) is 31.1 Å². The van der Waals surface area contributed by atoms with Crippen molar-refractivity contribution in [3.63, 3.8) is 0 Å². The van der Waals surface area contributed by atoms with Crippen LogP contribution in [0.3, 0.4) is 0 Å². The quantitative estimate of drug-likeness (QED) is 0.422. The minimum absolute atomic E-state index is 0.00630. The molecule has 29 heavy (non-hydrogen) atoms. The van der Waals surface area contributed by atoms with Crippen molar-refractivity contribution in [2.24, 2.45) is 10.2 Å². The highest BCUT2D eigenvalue weighted by atomic mass is 32.2. The van der Waals surface area contributed by atoms with Gasteiger partial charge in [-0.25, -0.2) is 0 Å². The third kappa shape index (κ3) is 4.18. The topological polar surface area (TPSA) is 138 Å². The minimum atomic E-state index is -4.56. The first kappa shape index (κ1) is 20.2. The molecule has 3 aromatic rings. The lowest BCUT2D eigenvalue weighted by atomic mass is 10.1. The number of hydrogen-bond acceptors (Lipinski definition) is 7. The normalized spacial score (nSPS) is 11.7. The summed E-state index contributed by atoms with van der Waals surface area (Å²) in [7, 11) is -3.08. The zero-order valence-electron chi connectivity index (χ0n) is 15.4. The van der Waals surface area contributed by atoms with Crippen LogP contribution < -0.4 is 10.1 Å². The predicted octanol–water partition coefficient (Wildman–Crippen LogP) is 4.17. The zero-order chi connectivity index (χ0) is 21.2. The van der Waals surface area contributed by atoms with Crippen molar-refractivity contribution in [1.82, 2.24) is 0 Å². The summed E-state index contributed by atoms with van der Waals surface area (Å²) in [6.07, 6.45) is 0. The summed E-state index contributed by atoms with van der Waals surface area (Å²) in [5.74, 6) is -0.356. The maximum absolute atomic E-state index is 11.7. The third-order valence-electron chi connectivity index (χ3n) is 4.03. The van der Waals surface area contributed by atoms with E-state index in [1.165, 1.54) is 32.2 Å². The van der Waals surface area contributed by atoms with Crippen LogP contribution in [-0.2, 0) is 14.9 Å². The zero-order valence-corrected chi connectivity index (χ0v) is 16.3. The first-order valence-electron chi connectivity index (χ1n) is 8.31. The van der Waals surface area contributed by atoms with Gasteiger partial charge in [0.1, 0.15) is 22.0 Å². The summed E-state index contributed by atoms with van der Waals surface area (Å²) in [6, 6.07) is 12.0. The molecule has 9 nitrogen and oxygen atoms in total. The minimum Gasteiger partial charge on any atom is -0.505 e. The number of benzene rings is 3. The van der Waals surface area contributed by atoms with Crippen molar-refractivity contribution < 1.29 is 27.6 Å². The Bertz CT molecular complexity index is 1240. The van der Waals surface area contributed by atoms with Gasteiger partial charge in [-0.15, -0.1) is 10.2 Å². The largest absolute Gasteiger partial charge is 0.505 e. The molecule has 150 valence electrons. The number of carbonyl (C=O) groups is 1. The van der Waals surface area contributed by atoms with Gasteiger partial charge in [0.15, 0.2) is 5.75 Å². The predicted molar refractivity (Wildman–Crippen MR) is 107 cm³/mol. The van der Waals surface area contributed by atoms with Crippen molar-refractivity contribution in [3.8, 4) is 11.5 Å². The number of phenolic OH excluding ortho intramolecular Hbond substituents is 1. The van der Waals surface area contributed by atoms with E-state index in [-0.39, 0.29) is 22.1 Å². The molecule has 0 saturated heterocycles. The fraction of sp³-hybridized carbons (Fsp3) is 0.105. The number of carbonyl (C=O) groups excluding carboxylic acids is 1. The maximum Gasteiger partial charge on any atom is 0.295 e. The summed E-state index contributed by atoms with van der Waals surface area (Å²) in [5.41, 5.74) is 0.609. The van der Waals surface area contributed by atoms with Crippen molar-refractivity contribution in [3.05, 3.63) is 48.5 Å². The molecule has 0 aromatic heterocycles. The number of para-hydroxylation sites is 1. The molecule has 3 aromatic carbocycles. The molecule has 0 fully saturated rings. The third-order valence-corrected chi connectivity index (χ3v) is 4.94. The Labute approximate surface area is 166 Å². The second-order valence-electron chi connectivity index (χ2n) is 6.00. The van der Waals surface area contributed by atoms with E-state index in [2.05, 4.69) is 15.5 Å². The Hall–Kier alpha value is -3.50. The van der Waals surface area contributed by atoms with Crippen LogP contribution in [0.25, 0.3) is 10.8 Å². The first-order valence-corrected chi connectivity index (χ1v) is 9.75. The van der Waals surface area contributed by atoms with E-state index in [9.17, 15) is 22.9 Å². The number of nitrogens with one attached hydrogen (secondary N) is 1. The standard InChI is InChI=1S/C19H17N3O6S/c1-11(23)20-14-9-10-17(29(25,26)27)12-7-8-15(19(24)18(12)14)22-21-13-5-3-4-6-16(13)28-2/h3-10,24H,1-2H3,(H,20,23)(H,25,26,27). The van der Waals surface area contributed by atoms with Gasteiger partial charge in [-0.1, -0.05) is 18.2 Å². The van der Waals surface area contributed by atoms with Crippen molar-refractivity contribution in [1.29, 1.82) is 0 Å². The van der Waals surface area contributed by atoms with Gasteiger partial charge in [-0.2, -0.15) is 8.42 Å². The average Bonchev–Trinajstić information content (AvgIpc) is 2.66. The second-order valence-corrected chi connectivity index (χ2v) is 7.39. The molecule has 0 bridgehead atoms. The molecule has 0 heterocycles. The van der Waals surface area contributed by atoms with Crippen molar-refractivity contribution >= 4 is 43.9 Å². The summed E-state index contributed by atoms with van der Waals surface area (Å²) >= 11 is 0. The lowest BCUT2D eigenvalue weighted by Gasteiger charge is -2.12. The van der Waals surface area contributed by atoms with E-state index in [1.807, 2.05) is 0 Å². The molecule has 10 heteroatoms. The molecule has 0 spiro atoms. The number of fused-ring (bicyclic) bond motifs is 1. The second kappa shape index (κ2) is 7.86. The van der Waals surface area contributed by atoms with E-state index in [1.54, 1.807) is 24.3 Å². The van der Waals surface area contributed by atoms with E-state index < -0.39 is 26.7 Å². The number of nitrogens with zero attached hydrogens (tertiary/aromatic N) is 2. The van der Waals surface area contributed by atoms with E-state index in [0.29, 0.717) is 11.4 Å². The number of amides is 1. The average molecular weight is 415 g/mol. The van der Waals surface area contributed by atoms with Crippen LogP contribution in [0, 0.1) is 0 Å². The van der Waals surface area contributed by atoms with Crippen LogP contribution in [0.4, 0.5) is 17.1 Å². The molecule has 3 rings (SSSR count). The van der Waals surface area contributed by atoms with Gasteiger partial charge in [-0.05, 0) is 30.3 Å². The summed E-state index contributed by atoms with van der Waals surface area (Å²) in [4.78, 5) is 11.1. The summed E-state index contributed by atoms with van der Waals surface area (Å²) in [5, 5.41) is 21.4. The van der Waals surface area contributed by atoms with Crippen molar-refractivity contribution in [2.75, 3.05) is 12.4 Å². The number of hydrogen-bond donors (Lipinski definition) is 3. The molecular formula is C19H17N3O6S. The fourth-order valence-electron chi connectivity index (χ4n) is 2.81. The molecule has 0 saturated carbocycles. The smallest absolute Gasteiger partial charge is 0.295 e. The van der Waals surface area contributed by atoms with Crippen molar-refractivity contribution in [2.45, 2.75) is 11.8 Å². The summed E-state index contributed by atoms with van der Waals surface area (Å²) < 4.78 is 38.0. The van der Waals surface area contributed by atoms with E-state index >= 15 is 0 Å². The number of anilines is 1. The number of ether oxygens (including phenoxy) is 1. The Balaban J connectivity index is 2.22. The number of rotatable bonds is 5. The first-order chi connectivity index (χ1) is 13.7. The maximum atomic E-state index is 11.7. The van der Waals surface area contributed by atoms with Crippen LogP contribution in [0.15, 0.2) is 63.7 Å². The SMILES string of the molecule is COc1ccccc1N=Nc1ccc2c(S(=O)(=O)O)ccc(NC(C)=O)c2c1O. The lowest BCUT2D eigenvalue weighted by molar-refractivity contribution is -0.114. The molecular weight excluding hydrogens is 398 g/mol. The lowest BCUT2D eigenvalue weighted by Crippen LogP contribution is -2.07. The highest BCUT2D eigenvalue weighted by molar-refractivity contribution is 7.86. The number of phenols is 1. The molecule has 0 aliphatic rings. The van der Waals surface area contributed by atoms with Gasteiger partial charge in [0.2, 0.25) is 5.91 Å². The van der Waals surface area contributed by atoms with Gasteiger partial charge in [0.05, 0.1) is 18.2 Å². The van der Waals surface area contributed by atoms with Gasteiger partial charge in [0, 0.05) is 12.3 Å². The van der Waals surface area contributed by atoms with Crippen LogP contribution >= 0.6 is 0 Å².